The lowest BCUT2D eigenvalue weighted by Gasteiger charge is -2.17. The summed E-state index contributed by atoms with van der Waals surface area (Å²) in [5.41, 5.74) is 0. The van der Waals surface area contributed by atoms with E-state index in [4.69, 9.17) is 4.52 Å². The van der Waals surface area contributed by atoms with E-state index in [2.05, 4.69) is 20.8 Å². The predicted molar refractivity (Wildman–Crippen MR) is 63.4 cm³/mol. The van der Waals surface area contributed by atoms with Crippen molar-refractivity contribution in [3.63, 3.8) is 0 Å². The Kier molecular flexibility index (Phi) is 5.62. The first-order valence-electron chi connectivity index (χ1n) is 5.92. The number of rotatable bonds is 7. The Morgan fingerprint density at radius 3 is 2.88 bits per heavy atom. The van der Waals surface area contributed by atoms with Crippen LogP contribution in [0.25, 0.3) is 0 Å². The average Bonchev–Trinajstić information content (AvgIpc) is 2.81. The summed E-state index contributed by atoms with van der Waals surface area (Å²) in [5.74, 6) is 0.594. The molecule has 0 saturated heterocycles. The molecule has 0 aliphatic heterocycles. The Morgan fingerprint density at radius 2 is 2.29 bits per heavy atom. The van der Waals surface area contributed by atoms with Crippen LogP contribution in [0.1, 0.15) is 33.1 Å². The zero-order valence-electron chi connectivity index (χ0n) is 10.6. The molecule has 0 saturated carbocycles. The maximum absolute atomic E-state index is 11.7. The van der Waals surface area contributed by atoms with Crippen molar-refractivity contribution in [1.29, 1.82) is 0 Å². The summed E-state index contributed by atoms with van der Waals surface area (Å²) in [6.45, 7) is 6.50. The quantitative estimate of drug-likeness (QED) is 0.725. The van der Waals surface area contributed by atoms with Crippen LogP contribution in [0.3, 0.4) is 0 Å². The molecule has 6 nitrogen and oxygen atoms in total. The van der Waals surface area contributed by atoms with Crippen molar-refractivity contribution in [3.8, 4) is 0 Å². The molecule has 0 aromatic carbocycles. The van der Waals surface area contributed by atoms with Crippen molar-refractivity contribution in [2.75, 3.05) is 6.54 Å². The Bertz CT molecular complexity index is 326. The fraction of sp³-hybridized carbons (Fsp3) is 0.727. The van der Waals surface area contributed by atoms with Crippen LogP contribution in [0, 0.1) is 0 Å². The summed E-state index contributed by atoms with van der Waals surface area (Å²) >= 11 is 0. The molecule has 1 aromatic heterocycles. The molecule has 0 aliphatic rings. The standard InChI is InChI=1S/C11H20N4O2/c1-4-8(2)15-11(16)9(3)12-6-5-10-13-7-14-17-10/h7-9,12H,4-6H2,1-3H3,(H,15,16). The number of hydrogen-bond donors (Lipinski definition) is 2. The molecular formula is C11H20N4O2. The van der Waals surface area contributed by atoms with Gasteiger partial charge in [0.15, 0.2) is 6.33 Å². The second kappa shape index (κ2) is 7.01. The summed E-state index contributed by atoms with van der Waals surface area (Å²) in [7, 11) is 0. The van der Waals surface area contributed by atoms with Gasteiger partial charge in [0.05, 0.1) is 6.04 Å². The molecule has 0 bridgehead atoms. The highest BCUT2D eigenvalue weighted by Crippen LogP contribution is 1.93. The van der Waals surface area contributed by atoms with Crippen molar-refractivity contribution >= 4 is 5.91 Å². The Hall–Kier alpha value is -1.43. The van der Waals surface area contributed by atoms with Gasteiger partial charge in [-0.15, -0.1) is 0 Å². The van der Waals surface area contributed by atoms with Gasteiger partial charge in [-0.2, -0.15) is 4.98 Å². The Labute approximate surface area is 101 Å². The minimum atomic E-state index is -0.216. The van der Waals surface area contributed by atoms with E-state index in [0.717, 1.165) is 6.42 Å². The third-order valence-electron chi connectivity index (χ3n) is 2.59. The highest BCUT2D eigenvalue weighted by atomic mass is 16.5. The summed E-state index contributed by atoms with van der Waals surface area (Å²) in [6, 6.07) is -0.00499. The fourth-order valence-electron chi connectivity index (χ4n) is 1.26. The normalized spacial score (nSPS) is 14.3. The smallest absolute Gasteiger partial charge is 0.237 e. The SMILES string of the molecule is CCC(C)NC(=O)C(C)NCCc1ncno1. The molecule has 2 atom stereocenters. The van der Waals surface area contributed by atoms with E-state index >= 15 is 0 Å². The summed E-state index contributed by atoms with van der Waals surface area (Å²) in [4.78, 5) is 15.6. The van der Waals surface area contributed by atoms with E-state index in [1.54, 1.807) is 0 Å². The first kappa shape index (κ1) is 13.6. The van der Waals surface area contributed by atoms with Gasteiger partial charge in [0.25, 0.3) is 0 Å². The fourth-order valence-corrected chi connectivity index (χ4v) is 1.26. The van der Waals surface area contributed by atoms with E-state index < -0.39 is 0 Å². The molecule has 2 unspecified atom stereocenters. The van der Waals surface area contributed by atoms with E-state index in [0.29, 0.717) is 18.9 Å². The minimum Gasteiger partial charge on any atom is -0.352 e. The maximum atomic E-state index is 11.7. The molecule has 0 aliphatic carbocycles. The van der Waals surface area contributed by atoms with Gasteiger partial charge >= 0.3 is 0 Å². The highest BCUT2D eigenvalue weighted by Gasteiger charge is 2.13. The van der Waals surface area contributed by atoms with Crippen LogP contribution in [0.15, 0.2) is 10.9 Å². The first-order valence-corrected chi connectivity index (χ1v) is 5.92. The number of hydrogen-bond acceptors (Lipinski definition) is 5. The van der Waals surface area contributed by atoms with E-state index in [-0.39, 0.29) is 18.0 Å². The number of carbonyl (C=O) groups excluding carboxylic acids is 1. The molecule has 1 aromatic rings. The minimum absolute atomic E-state index is 0.0184. The maximum Gasteiger partial charge on any atom is 0.237 e. The topological polar surface area (TPSA) is 80.0 Å². The number of nitrogens with zero attached hydrogens (tertiary/aromatic N) is 2. The lowest BCUT2D eigenvalue weighted by molar-refractivity contribution is -0.123. The van der Waals surface area contributed by atoms with Crippen molar-refractivity contribution in [2.45, 2.75) is 45.7 Å². The second-order valence-electron chi connectivity index (χ2n) is 4.08. The van der Waals surface area contributed by atoms with Gasteiger partial charge in [0.2, 0.25) is 11.8 Å². The van der Waals surface area contributed by atoms with Crippen molar-refractivity contribution in [1.82, 2.24) is 20.8 Å². The molecule has 6 heteroatoms. The van der Waals surface area contributed by atoms with Crippen LogP contribution < -0.4 is 10.6 Å². The molecule has 1 heterocycles. The lowest BCUT2D eigenvalue weighted by Crippen LogP contribution is -2.45. The van der Waals surface area contributed by atoms with Gasteiger partial charge < -0.3 is 15.2 Å². The molecule has 96 valence electrons. The molecule has 1 rings (SSSR count). The molecule has 0 spiro atoms. The van der Waals surface area contributed by atoms with Crippen molar-refractivity contribution in [2.24, 2.45) is 0 Å². The Balaban J connectivity index is 2.20. The van der Waals surface area contributed by atoms with E-state index in [1.165, 1.54) is 6.33 Å². The van der Waals surface area contributed by atoms with Crippen LogP contribution in [-0.4, -0.2) is 34.7 Å². The van der Waals surface area contributed by atoms with Gasteiger partial charge in [0.1, 0.15) is 0 Å². The first-order chi connectivity index (χ1) is 8.13. The summed E-state index contributed by atoms with van der Waals surface area (Å²) in [6.07, 6.45) is 2.93. The number of amides is 1. The van der Waals surface area contributed by atoms with Crippen LogP contribution >= 0.6 is 0 Å². The molecule has 0 radical (unpaired) electrons. The molecule has 1 amide bonds. The number of nitrogens with one attached hydrogen (secondary N) is 2. The third kappa shape index (κ3) is 4.95. The van der Waals surface area contributed by atoms with Crippen LogP contribution in [0.2, 0.25) is 0 Å². The van der Waals surface area contributed by atoms with Gasteiger partial charge in [0, 0.05) is 19.0 Å². The summed E-state index contributed by atoms with van der Waals surface area (Å²) in [5, 5.41) is 9.54. The zero-order valence-corrected chi connectivity index (χ0v) is 10.6. The van der Waals surface area contributed by atoms with Crippen molar-refractivity contribution < 1.29 is 9.32 Å². The summed E-state index contributed by atoms with van der Waals surface area (Å²) < 4.78 is 4.86. The Morgan fingerprint density at radius 1 is 1.53 bits per heavy atom. The van der Waals surface area contributed by atoms with Crippen LogP contribution in [0.5, 0.6) is 0 Å². The van der Waals surface area contributed by atoms with Gasteiger partial charge in [-0.25, -0.2) is 0 Å². The molecular weight excluding hydrogens is 220 g/mol. The monoisotopic (exact) mass is 240 g/mol. The van der Waals surface area contributed by atoms with Crippen LogP contribution in [-0.2, 0) is 11.2 Å². The number of aromatic nitrogens is 2. The largest absolute Gasteiger partial charge is 0.352 e. The van der Waals surface area contributed by atoms with E-state index in [9.17, 15) is 4.79 Å². The lowest BCUT2D eigenvalue weighted by atomic mass is 10.2. The molecule has 17 heavy (non-hydrogen) atoms. The average molecular weight is 240 g/mol. The predicted octanol–water partition coefficient (Wildman–Crippen LogP) is 0.505. The van der Waals surface area contributed by atoms with Gasteiger partial charge in [-0.3, -0.25) is 4.79 Å². The van der Waals surface area contributed by atoms with Crippen molar-refractivity contribution in [3.05, 3.63) is 12.2 Å². The molecule has 0 fully saturated rings. The number of carbonyl (C=O) groups is 1. The second-order valence-corrected chi connectivity index (χ2v) is 4.08. The van der Waals surface area contributed by atoms with Gasteiger partial charge in [-0.1, -0.05) is 12.1 Å². The third-order valence-corrected chi connectivity index (χ3v) is 2.59. The highest BCUT2D eigenvalue weighted by molar-refractivity contribution is 5.81. The van der Waals surface area contributed by atoms with E-state index in [1.807, 2.05) is 20.8 Å². The van der Waals surface area contributed by atoms with Crippen LogP contribution in [0.4, 0.5) is 0 Å². The van der Waals surface area contributed by atoms with Gasteiger partial charge in [-0.05, 0) is 20.3 Å². The molecule has 2 N–H and O–H groups in total. The zero-order chi connectivity index (χ0) is 12.7.